The van der Waals surface area contributed by atoms with Crippen LogP contribution in [0.5, 0.6) is 0 Å². The van der Waals surface area contributed by atoms with Crippen molar-refractivity contribution in [2.75, 3.05) is 6.54 Å². The lowest BCUT2D eigenvalue weighted by atomic mass is 9.84. The molecule has 0 aromatic rings. The first-order valence-electron chi connectivity index (χ1n) is 3.55. The van der Waals surface area contributed by atoms with E-state index in [0.717, 1.165) is 17.9 Å². The number of piperidine rings is 1. The highest BCUT2D eigenvalue weighted by molar-refractivity contribution is 5.81. The summed E-state index contributed by atoms with van der Waals surface area (Å²) >= 11 is 0. The number of hydrogen-bond donors (Lipinski definition) is 1. The third-order valence-corrected chi connectivity index (χ3v) is 1.99. The molecule has 0 unspecified atom stereocenters. The molecule has 1 aliphatic rings. The van der Waals surface area contributed by atoms with E-state index in [1.807, 2.05) is 13.8 Å². The molecule has 1 heterocycles. The highest BCUT2D eigenvalue weighted by Gasteiger charge is 2.34. The highest BCUT2D eigenvalue weighted by atomic mass is 16.5. The first-order valence-corrected chi connectivity index (χ1v) is 3.55. The van der Waals surface area contributed by atoms with E-state index in [9.17, 15) is 4.79 Å². The first kappa shape index (κ1) is 7.54. The predicted octanol–water partition coefficient (Wildman–Crippen LogP) is 1.02. The quantitative estimate of drug-likeness (QED) is 0.514. The molecule has 0 atom stereocenters. The van der Waals surface area contributed by atoms with Crippen LogP contribution in [0.2, 0.25) is 0 Å². The Kier molecular flexibility index (Phi) is 1.68. The maximum absolute atomic E-state index is 11.1. The van der Waals surface area contributed by atoms with Crippen LogP contribution in [0.25, 0.3) is 0 Å². The largest absolute Gasteiger partial charge is 0.286 e. The topological polar surface area (TPSA) is 40.5 Å². The summed E-state index contributed by atoms with van der Waals surface area (Å²) in [5.74, 6) is -0.154. The van der Waals surface area contributed by atoms with E-state index in [2.05, 4.69) is 0 Å². The van der Waals surface area contributed by atoms with Crippen molar-refractivity contribution in [1.82, 2.24) is 5.06 Å². The molecule has 1 N–H and O–H groups in total. The van der Waals surface area contributed by atoms with Gasteiger partial charge < -0.3 is 0 Å². The van der Waals surface area contributed by atoms with Crippen molar-refractivity contribution in [1.29, 1.82) is 0 Å². The molecular formula is C7H13NO2. The lowest BCUT2D eigenvalue weighted by molar-refractivity contribution is -0.182. The number of rotatable bonds is 0. The Morgan fingerprint density at radius 1 is 1.60 bits per heavy atom. The third-order valence-electron chi connectivity index (χ3n) is 1.99. The minimum absolute atomic E-state index is 0.154. The lowest BCUT2D eigenvalue weighted by Gasteiger charge is -2.32. The number of carbonyl (C=O) groups is 1. The summed E-state index contributed by atoms with van der Waals surface area (Å²) in [4.78, 5) is 11.1. The summed E-state index contributed by atoms with van der Waals surface area (Å²) in [5.41, 5.74) is -0.354. The molecule has 0 aromatic heterocycles. The van der Waals surface area contributed by atoms with E-state index >= 15 is 0 Å². The van der Waals surface area contributed by atoms with Crippen LogP contribution in [0.3, 0.4) is 0 Å². The second-order valence-electron chi connectivity index (χ2n) is 3.42. The molecule has 0 spiro atoms. The smallest absolute Gasteiger partial charge is 0.251 e. The average molecular weight is 143 g/mol. The van der Waals surface area contributed by atoms with Crippen molar-refractivity contribution in [3.63, 3.8) is 0 Å². The Balaban J connectivity index is 2.70. The van der Waals surface area contributed by atoms with Gasteiger partial charge in [0.25, 0.3) is 5.91 Å². The van der Waals surface area contributed by atoms with Gasteiger partial charge in [0.1, 0.15) is 0 Å². The fraction of sp³-hybridized carbons (Fsp3) is 0.857. The van der Waals surface area contributed by atoms with Gasteiger partial charge in [-0.3, -0.25) is 10.0 Å². The summed E-state index contributed by atoms with van der Waals surface area (Å²) in [7, 11) is 0. The maximum atomic E-state index is 11.1. The van der Waals surface area contributed by atoms with Crippen molar-refractivity contribution in [2.45, 2.75) is 26.7 Å². The summed E-state index contributed by atoms with van der Waals surface area (Å²) in [6.45, 7) is 4.21. The molecule has 0 aromatic carbocycles. The van der Waals surface area contributed by atoms with Gasteiger partial charge in [-0.05, 0) is 12.8 Å². The van der Waals surface area contributed by atoms with Gasteiger partial charge in [0.15, 0.2) is 0 Å². The maximum Gasteiger partial charge on any atom is 0.251 e. The minimum atomic E-state index is -0.354. The molecular weight excluding hydrogens is 130 g/mol. The molecule has 1 rings (SSSR count). The summed E-state index contributed by atoms with van der Waals surface area (Å²) < 4.78 is 0. The number of hydrogen-bond acceptors (Lipinski definition) is 2. The number of amides is 1. The molecule has 1 saturated heterocycles. The molecule has 1 amide bonds. The summed E-state index contributed by atoms with van der Waals surface area (Å²) in [5, 5.41) is 9.82. The second-order valence-corrected chi connectivity index (χ2v) is 3.42. The van der Waals surface area contributed by atoms with Gasteiger partial charge in [0, 0.05) is 12.0 Å². The van der Waals surface area contributed by atoms with Crippen LogP contribution in [-0.4, -0.2) is 22.7 Å². The fourth-order valence-electron chi connectivity index (χ4n) is 1.23. The van der Waals surface area contributed by atoms with E-state index < -0.39 is 0 Å². The van der Waals surface area contributed by atoms with Crippen molar-refractivity contribution < 1.29 is 10.0 Å². The first-order chi connectivity index (χ1) is 4.54. The van der Waals surface area contributed by atoms with E-state index in [1.54, 1.807) is 0 Å². The Bertz CT molecular complexity index is 154. The van der Waals surface area contributed by atoms with Gasteiger partial charge in [0.05, 0.1) is 0 Å². The number of nitrogens with zero attached hydrogens (tertiary/aromatic N) is 1. The molecule has 58 valence electrons. The van der Waals surface area contributed by atoms with Crippen LogP contribution in [0.4, 0.5) is 0 Å². The zero-order valence-electron chi connectivity index (χ0n) is 6.42. The standard InChI is InChI=1S/C7H13NO2/c1-7(2)4-3-5-8(10)6(7)9/h10H,3-5H2,1-2H3. The molecule has 1 fully saturated rings. The molecule has 0 radical (unpaired) electrons. The van der Waals surface area contributed by atoms with E-state index in [0.29, 0.717) is 6.54 Å². The van der Waals surface area contributed by atoms with Crippen LogP contribution < -0.4 is 0 Å². The Labute approximate surface area is 60.6 Å². The second kappa shape index (κ2) is 2.23. The number of carbonyl (C=O) groups excluding carboxylic acids is 1. The van der Waals surface area contributed by atoms with Gasteiger partial charge in [-0.15, -0.1) is 0 Å². The van der Waals surface area contributed by atoms with Gasteiger partial charge in [-0.2, -0.15) is 0 Å². The van der Waals surface area contributed by atoms with Crippen LogP contribution in [0, 0.1) is 5.41 Å². The summed E-state index contributed by atoms with van der Waals surface area (Å²) in [6.07, 6.45) is 1.78. The summed E-state index contributed by atoms with van der Waals surface area (Å²) in [6, 6.07) is 0. The van der Waals surface area contributed by atoms with E-state index in [-0.39, 0.29) is 11.3 Å². The van der Waals surface area contributed by atoms with Crippen molar-refractivity contribution >= 4 is 5.91 Å². The van der Waals surface area contributed by atoms with Crippen molar-refractivity contribution in [3.8, 4) is 0 Å². The predicted molar refractivity (Wildman–Crippen MR) is 36.5 cm³/mol. The SMILES string of the molecule is CC1(C)CCCN(O)C1=O. The zero-order chi connectivity index (χ0) is 7.78. The van der Waals surface area contributed by atoms with Crippen LogP contribution in [-0.2, 0) is 4.79 Å². The highest BCUT2D eigenvalue weighted by Crippen LogP contribution is 2.28. The van der Waals surface area contributed by atoms with Crippen LogP contribution in [0.1, 0.15) is 26.7 Å². The minimum Gasteiger partial charge on any atom is -0.286 e. The van der Waals surface area contributed by atoms with Gasteiger partial charge in [-0.25, -0.2) is 5.06 Å². The third kappa shape index (κ3) is 1.14. The van der Waals surface area contributed by atoms with Gasteiger partial charge >= 0.3 is 0 Å². The van der Waals surface area contributed by atoms with E-state index in [1.165, 1.54) is 0 Å². The molecule has 3 nitrogen and oxygen atoms in total. The Morgan fingerprint density at radius 3 is 2.60 bits per heavy atom. The lowest BCUT2D eigenvalue weighted by Crippen LogP contribution is -2.43. The molecule has 1 aliphatic heterocycles. The monoisotopic (exact) mass is 143 g/mol. The normalized spacial score (nSPS) is 25.1. The molecule has 3 heteroatoms. The molecule has 10 heavy (non-hydrogen) atoms. The number of hydroxylamine groups is 2. The molecule has 0 aliphatic carbocycles. The van der Waals surface area contributed by atoms with E-state index in [4.69, 9.17) is 5.21 Å². The van der Waals surface area contributed by atoms with Gasteiger partial charge in [-0.1, -0.05) is 13.8 Å². The molecule has 0 bridgehead atoms. The Hall–Kier alpha value is -0.570. The van der Waals surface area contributed by atoms with Gasteiger partial charge in [0.2, 0.25) is 0 Å². The zero-order valence-corrected chi connectivity index (χ0v) is 6.42. The van der Waals surface area contributed by atoms with Crippen molar-refractivity contribution in [3.05, 3.63) is 0 Å². The van der Waals surface area contributed by atoms with Crippen molar-refractivity contribution in [2.24, 2.45) is 5.41 Å². The fourth-order valence-corrected chi connectivity index (χ4v) is 1.23. The van der Waals surface area contributed by atoms with Crippen LogP contribution >= 0.6 is 0 Å². The average Bonchev–Trinajstić information content (AvgIpc) is 1.83. The molecule has 0 saturated carbocycles. The van der Waals surface area contributed by atoms with Crippen LogP contribution in [0.15, 0.2) is 0 Å². The Morgan fingerprint density at radius 2 is 2.20 bits per heavy atom.